The topological polar surface area (TPSA) is 68.1 Å². The van der Waals surface area contributed by atoms with Crippen molar-refractivity contribution in [1.82, 2.24) is 4.98 Å². The fraction of sp³-hybridized carbons (Fsp3) is 0.154. The van der Waals surface area contributed by atoms with E-state index in [1.165, 1.54) is 24.4 Å². The molecule has 0 aliphatic rings. The first-order valence-electron chi connectivity index (χ1n) is 5.48. The van der Waals surface area contributed by atoms with Gasteiger partial charge >= 0.3 is 0 Å². The summed E-state index contributed by atoms with van der Waals surface area (Å²) in [5, 5.41) is 0. The molecule has 0 radical (unpaired) electrons. The summed E-state index contributed by atoms with van der Waals surface area (Å²) in [6.45, 7) is 0.405. The molecular weight excluding hydrogens is 235 g/mol. The van der Waals surface area contributed by atoms with Gasteiger partial charge in [-0.3, -0.25) is 4.79 Å². The lowest BCUT2D eigenvalue weighted by molar-refractivity contribution is 0.301. The molecule has 0 spiro atoms. The van der Waals surface area contributed by atoms with Gasteiger partial charge in [0.25, 0.3) is 0 Å². The van der Waals surface area contributed by atoms with Gasteiger partial charge in [0.1, 0.15) is 12.4 Å². The summed E-state index contributed by atoms with van der Waals surface area (Å²) in [4.78, 5) is 14.5. The number of nitrogens with one attached hydrogen (secondary N) is 1. The van der Waals surface area contributed by atoms with Crippen LogP contribution in [0.2, 0.25) is 0 Å². The quantitative estimate of drug-likeness (QED) is 0.862. The van der Waals surface area contributed by atoms with Gasteiger partial charge in [0.15, 0.2) is 5.75 Å². The molecule has 0 saturated carbocycles. The Kier molecular flexibility index (Phi) is 3.74. The van der Waals surface area contributed by atoms with Crippen molar-refractivity contribution in [3.8, 4) is 5.75 Å². The van der Waals surface area contributed by atoms with Crippen LogP contribution in [0.5, 0.6) is 5.75 Å². The maximum Gasteiger partial charge on any atom is 0.223 e. The summed E-state index contributed by atoms with van der Waals surface area (Å²) in [5.74, 6) is -0.139. The third-order valence-corrected chi connectivity index (χ3v) is 2.44. The van der Waals surface area contributed by atoms with Gasteiger partial charge in [0.2, 0.25) is 5.43 Å². The maximum absolute atomic E-state index is 12.9. The number of H-pyrrole nitrogens is 1. The molecule has 0 saturated heterocycles. The number of pyridine rings is 1. The van der Waals surface area contributed by atoms with Crippen molar-refractivity contribution in [2.24, 2.45) is 5.73 Å². The molecule has 4 nitrogen and oxygen atoms in total. The number of hydrogen-bond acceptors (Lipinski definition) is 3. The maximum atomic E-state index is 12.9. The summed E-state index contributed by atoms with van der Waals surface area (Å²) < 4.78 is 18.3. The van der Waals surface area contributed by atoms with Crippen molar-refractivity contribution in [1.29, 1.82) is 0 Å². The molecule has 94 valence electrons. The molecule has 1 aromatic carbocycles. The van der Waals surface area contributed by atoms with Gasteiger partial charge in [0.05, 0.1) is 0 Å². The molecule has 5 heteroatoms. The highest BCUT2D eigenvalue weighted by Crippen LogP contribution is 2.08. The molecule has 0 bridgehead atoms. The van der Waals surface area contributed by atoms with Crippen LogP contribution in [0.15, 0.2) is 41.3 Å². The van der Waals surface area contributed by atoms with Gasteiger partial charge in [-0.05, 0) is 17.7 Å². The van der Waals surface area contributed by atoms with E-state index in [4.69, 9.17) is 10.5 Å². The second-order valence-electron chi connectivity index (χ2n) is 3.81. The Morgan fingerprint density at radius 2 is 2.17 bits per heavy atom. The largest absolute Gasteiger partial charge is 0.483 e. The SMILES string of the molecule is NCc1cc(=O)c(OCc2cccc(F)c2)c[nH]1. The Bertz CT molecular complexity index is 596. The Balaban J connectivity index is 2.09. The summed E-state index contributed by atoms with van der Waals surface area (Å²) in [7, 11) is 0. The Labute approximate surface area is 103 Å². The van der Waals surface area contributed by atoms with Crippen LogP contribution >= 0.6 is 0 Å². The van der Waals surface area contributed by atoms with Gasteiger partial charge in [-0.2, -0.15) is 0 Å². The summed E-state index contributed by atoms with van der Waals surface area (Å²) in [6.07, 6.45) is 1.46. The first-order chi connectivity index (χ1) is 8.69. The molecule has 3 N–H and O–H groups in total. The van der Waals surface area contributed by atoms with Crippen molar-refractivity contribution in [2.45, 2.75) is 13.2 Å². The van der Waals surface area contributed by atoms with E-state index < -0.39 is 0 Å². The minimum atomic E-state index is -0.330. The molecule has 1 heterocycles. The van der Waals surface area contributed by atoms with E-state index in [1.807, 2.05) is 0 Å². The predicted molar refractivity (Wildman–Crippen MR) is 65.7 cm³/mol. The number of ether oxygens (including phenoxy) is 1. The smallest absolute Gasteiger partial charge is 0.223 e. The molecule has 0 aliphatic carbocycles. The third-order valence-electron chi connectivity index (χ3n) is 2.44. The molecule has 2 aromatic rings. The van der Waals surface area contributed by atoms with Crippen LogP contribution in [-0.2, 0) is 13.2 Å². The van der Waals surface area contributed by atoms with E-state index in [9.17, 15) is 9.18 Å². The minimum absolute atomic E-state index is 0.142. The normalized spacial score (nSPS) is 10.3. The number of benzene rings is 1. The lowest BCUT2D eigenvalue weighted by Crippen LogP contribution is -2.11. The molecule has 0 aliphatic heterocycles. The molecule has 0 amide bonds. The summed E-state index contributed by atoms with van der Waals surface area (Å²) in [5.41, 5.74) is 6.45. The van der Waals surface area contributed by atoms with Gasteiger partial charge < -0.3 is 15.5 Å². The van der Waals surface area contributed by atoms with Crippen molar-refractivity contribution in [3.63, 3.8) is 0 Å². The number of halogens is 1. The fourth-order valence-electron chi connectivity index (χ4n) is 1.52. The molecule has 1 aromatic heterocycles. The van der Waals surface area contributed by atoms with Gasteiger partial charge in [-0.15, -0.1) is 0 Å². The number of nitrogens with two attached hydrogens (primary N) is 1. The van der Waals surface area contributed by atoms with E-state index in [-0.39, 0.29) is 30.1 Å². The summed E-state index contributed by atoms with van der Waals surface area (Å²) in [6, 6.07) is 7.43. The molecule has 18 heavy (non-hydrogen) atoms. The lowest BCUT2D eigenvalue weighted by atomic mass is 10.2. The lowest BCUT2D eigenvalue weighted by Gasteiger charge is -2.06. The number of hydrogen-bond donors (Lipinski definition) is 2. The average molecular weight is 248 g/mol. The monoisotopic (exact) mass is 248 g/mol. The first kappa shape index (κ1) is 12.3. The van der Waals surface area contributed by atoms with Crippen LogP contribution in [-0.4, -0.2) is 4.98 Å². The highest BCUT2D eigenvalue weighted by atomic mass is 19.1. The van der Waals surface area contributed by atoms with Crippen LogP contribution < -0.4 is 15.9 Å². The summed E-state index contributed by atoms with van der Waals surface area (Å²) >= 11 is 0. The zero-order valence-corrected chi connectivity index (χ0v) is 9.65. The fourth-order valence-corrected chi connectivity index (χ4v) is 1.52. The van der Waals surface area contributed by atoms with E-state index in [0.717, 1.165) is 0 Å². The average Bonchev–Trinajstić information content (AvgIpc) is 2.37. The van der Waals surface area contributed by atoms with E-state index in [1.54, 1.807) is 12.1 Å². The number of aromatic nitrogens is 1. The van der Waals surface area contributed by atoms with Crippen LogP contribution in [0.25, 0.3) is 0 Å². The highest BCUT2D eigenvalue weighted by Gasteiger charge is 2.03. The Morgan fingerprint density at radius 3 is 2.83 bits per heavy atom. The van der Waals surface area contributed by atoms with Crippen molar-refractivity contribution >= 4 is 0 Å². The van der Waals surface area contributed by atoms with Crippen molar-refractivity contribution in [2.75, 3.05) is 0 Å². The van der Waals surface area contributed by atoms with Crippen molar-refractivity contribution < 1.29 is 9.13 Å². The zero-order valence-electron chi connectivity index (χ0n) is 9.65. The molecular formula is C13H13FN2O2. The first-order valence-corrected chi connectivity index (χ1v) is 5.48. The second-order valence-corrected chi connectivity index (χ2v) is 3.81. The predicted octanol–water partition coefficient (Wildman–Crippen LogP) is 1.55. The molecule has 0 fully saturated rings. The van der Waals surface area contributed by atoms with Crippen molar-refractivity contribution in [3.05, 3.63) is 63.8 Å². The highest BCUT2D eigenvalue weighted by molar-refractivity contribution is 5.22. The third kappa shape index (κ3) is 2.95. The number of aromatic amines is 1. The van der Waals surface area contributed by atoms with Crippen LogP contribution in [0.4, 0.5) is 4.39 Å². The minimum Gasteiger partial charge on any atom is -0.483 e. The van der Waals surface area contributed by atoms with Crippen LogP contribution in [0.1, 0.15) is 11.3 Å². The standard InChI is InChI=1S/C13H13FN2O2/c14-10-3-1-2-9(4-10)8-18-13-7-16-11(6-15)5-12(13)17/h1-5,7H,6,8,15H2,(H,16,17). The second kappa shape index (κ2) is 5.46. The Hall–Kier alpha value is -2.14. The molecule has 0 atom stereocenters. The molecule has 2 rings (SSSR count). The van der Waals surface area contributed by atoms with Gasteiger partial charge in [-0.1, -0.05) is 12.1 Å². The van der Waals surface area contributed by atoms with E-state index in [2.05, 4.69) is 4.98 Å². The van der Waals surface area contributed by atoms with Gasteiger partial charge in [0, 0.05) is 24.5 Å². The van der Waals surface area contributed by atoms with E-state index >= 15 is 0 Å². The number of rotatable bonds is 4. The zero-order chi connectivity index (χ0) is 13.0. The van der Waals surface area contributed by atoms with Crippen LogP contribution in [0, 0.1) is 5.82 Å². The van der Waals surface area contributed by atoms with E-state index in [0.29, 0.717) is 11.3 Å². The van der Waals surface area contributed by atoms with Gasteiger partial charge in [-0.25, -0.2) is 4.39 Å². The molecule has 0 unspecified atom stereocenters. The Morgan fingerprint density at radius 1 is 1.33 bits per heavy atom. The van der Waals surface area contributed by atoms with Crippen LogP contribution in [0.3, 0.4) is 0 Å².